The second-order valence-corrected chi connectivity index (χ2v) is 9.17. The zero-order valence-electron chi connectivity index (χ0n) is 19.8. The molecule has 0 unspecified atom stereocenters. The lowest BCUT2D eigenvalue weighted by atomic mass is 9.78. The maximum Gasteiger partial charge on any atom is 0.387 e. The first-order chi connectivity index (χ1) is 16.9. The highest BCUT2D eigenvalue weighted by atomic mass is 19.3. The standard InChI is InChI=1S/C29H30F4O2/c1-2-19-7-9-20(10-8-19)11-16-24-25(30)17-18-27(28(24)31)35-26-6-4-3-5-23(26)21-12-14-22(15-13-21)34-29(32)33/h3-6,12-15,17-20,29H,2,7-11,16H2,1H3. The van der Waals surface area contributed by atoms with Gasteiger partial charge in [0.1, 0.15) is 17.3 Å². The van der Waals surface area contributed by atoms with Crippen molar-refractivity contribution in [3.8, 4) is 28.4 Å². The number of benzene rings is 3. The molecule has 0 radical (unpaired) electrons. The van der Waals surface area contributed by atoms with E-state index in [-0.39, 0.29) is 17.1 Å². The Morgan fingerprint density at radius 3 is 2.20 bits per heavy atom. The van der Waals surface area contributed by atoms with Gasteiger partial charge in [-0.1, -0.05) is 69.4 Å². The van der Waals surface area contributed by atoms with Gasteiger partial charge >= 0.3 is 6.61 Å². The van der Waals surface area contributed by atoms with Crippen molar-refractivity contribution in [1.82, 2.24) is 0 Å². The van der Waals surface area contributed by atoms with Crippen LogP contribution in [-0.2, 0) is 6.42 Å². The first kappa shape index (κ1) is 25.1. The van der Waals surface area contributed by atoms with Crippen LogP contribution in [0.2, 0.25) is 0 Å². The van der Waals surface area contributed by atoms with Crippen molar-refractivity contribution in [2.75, 3.05) is 0 Å². The highest BCUT2D eigenvalue weighted by molar-refractivity contribution is 5.71. The molecular weight excluding hydrogens is 456 g/mol. The molecule has 0 atom stereocenters. The van der Waals surface area contributed by atoms with Gasteiger partial charge in [0.2, 0.25) is 0 Å². The molecule has 0 amide bonds. The largest absolute Gasteiger partial charge is 0.454 e. The SMILES string of the molecule is CCC1CCC(CCc2c(F)ccc(Oc3ccccc3-c3ccc(OC(F)F)cc3)c2F)CC1. The molecule has 0 aliphatic heterocycles. The molecule has 0 saturated heterocycles. The minimum absolute atomic E-state index is 0.0406. The molecule has 0 N–H and O–H groups in total. The molecule has 3 aromatic rings. The molecule has 0 bridgehead atoms. The first-order valence-corrected chi connectivity index (χ1v) is 12.2. The molecule has 3 aromatic carbocycles. The summed E-state index contributed by atoms with van der Waals surface area (Å²) >= 11 is 0. The Balaban J connectivity index is 1.50. The van der Waals surface area contributed by atoms with Gasteiger partial charge < -0.3 is 9.47 Å². The smallest absolute Gasteiger partial charge is 0.387 e. The number of para-hydroxylation sites is 1. The second-order valence-electron chi connectivity index (χ2n) is 9.17. The topological polar surface area (TPSA) is 18.5 Å². The lowest BCUT2D eigenvalue weighted by Gasteiger charge is -2.27. The summed E-state index contributed by atoms with van der Waals surface area (Å²) in [5.41, 5.74) is 1.40. The Kier molecular flexibility index (Phi) is 8.32. The molecule has 4 rings (SSSR count). The monoisotopic (exact) mass is 486 g/mol. The van der Waals surface area contributed by atoms with E-state index in [4.69, 9.17) is 4.74 Å². The molecule has 1 aliphatic rings. The maximum absolute atomic E-state index is 15.3. The Bertz CT molecular complexity index is 1110. The summed E-state index contributed by atoms with van der Waals surface area (Å²) in [6.07, 6.45) is 6.92. The van der Waals surface area contributed by atoms with E-state index in [1.54, 1.807) is 36.4 Å². The summed E-state index contributed by atoms with van der Waals surface area (Å²) in [6, 6.07) is 15.7. The van der Waals surface area contributed by atoms with Crippen molar-refractivity contribution in [3.05, 3.63) is 77.9 Å². The zero-order chi connectivity index (χ0) is 24.8. The number of halogens is 4. The Morgan fingerprint density at radius 1 is 0.829 bits per heavy atom. The second kappa shape index (κ2) is 11.6. The van der Waals surface area contributed by atoms with Gasteiger partial charge in [-0.05, 0) is 60.6 Å². The van der Waals surface area contributed by atoms with E-state index in [0.29, 0.717) is 29.2 Å². The van der Waals surface area contributed by atoms with Crippen LogP contribution in [-0.4, -0.2) is 6.61 Å². The van der Waals surface area contributed by atoms with Crippen LogP contribution in [0, 0.1) is 23.5 Å². The molecule has 1 fully saturated rings. The number of hydrogen-bond acceptors (Lipinski definition) is 2. The molecule has 1 aliphatic carbocycles. The third kappa shape index (κ3) is 6.36. The minimum Gasteiger partial charge on any atom is -0.454 e. The number of rotatable bonds is 9. The number of ether oxygens (including phenoxy) is 2. The fourth-order valence-corrected chi connectivity index (χ4v) is 4.89. The molecule has 0 spiro atoms. The van der Waals surface area contributed by atoms with Gasteiger partial charge in [-0.15, -0.1) is 0 Å². The van der Waals surface area contributed by atoms with E-state index >= 15 is 4.39 Å². The molecule has 0 heterocycles. The third-order valence-corrected chi connectivity index (χ3v) is 6.99. The summed E-state index contributed by atoms with van der Waals surface area (Å²) in [6.45, 7) is -0.686. The summed E-state index contributed by atoms with van der Waals surface area (Å²) in [4.78, 5) is 0. The van der Waals surface area contributed by atoms with Gasteiger partial charge in [0, 0.05) is 11.1 Å². The van der Waals surface area contributed by atoms with Gasteiger partial charge in [-0.2, -0.15) is 8.78 Å². The summed E-state index contributed by atoms with van der Waals surface area (Å²) in [7, 11) is 0. The maximum atomic E-state index is 15.3. The summed E-state index contributed by atoms with van der Waals surface area (Å²) in [5.74, 6) is 0.427. The highest BCUT2D eigenvalue weighted by Crippen LogP contribution is 2.37. The molecule has 186 valence electrons. The zero-order valence-corrected chi connectivity index (χ0v) is 19.8. The van der Waals surface area contributed by atoms with Crippen molar-refractivity contribution in [1.29, 1.82) is 0 Å². The highest BCUT2D eigenvalue weighted by Gasteiger charge is 2.22. The van der Waals surface area contributed by atoms with E-state index in [2.05, 4.69) is 11.7 Å². The van der Waals surface area contributed by atoms with Crippen LogP contribution >= 0.6 is 0 Å². The van der Waals surface area contributed by atoms with E-state index in [9.17, 15) is 13.2 Å². The predicted molar refractivity (Wildman–Crippen MR) is 129 cm³/mol. The normalized spacial score (nSPS) is 18.0. The predicted octanol–water partition coefficient (Wildman–Crippen LogP) is 9.17. The Morgan fingerprint density at radius 2 is 1.51 bits per heavy atom. The van der Waals surface area contributed by atoms with Crippen LogP contribution in [0.4, 0.5) is 17.6 Å². The quantitative estimate of drug-likeness (QED) is 0.281. The van der Waals surface area contributed by atoms with Crippen LogP contribution in [0.15, 0.2) is 60.7 Å². The fourth-order valence-electron chi connectivity index (χ4n) is 4.89. The van der Waals surface area contributed by atoms with Crippen LogP contribution in [0.1, 0.15) is 51.0 Å². The molecule has 2 nitrogen and oxygen atoms in total. The van der Waals surface area contributed by atoms with Gasteiger partial charge in [-0.25, -0.2) is 8.78 Å². The minimum atomic E-state index is -2.90. The third-order valence-electron chi connectivity index (χ3n) is 6.99. The van der Waals surface area contributed by atoms with Crippen molar-refractivity contribution in [2.45, 2.75) is 58.5 Å². The molecule has 1 saturated carbocycles. The van der Waals surface area contributed by atoms with Crippen molar-refractivity contribution in [3.63, 3.8) is 0 Å². The Hall–Kier alpha value is -3.02. The molecule has 0 aromatic heterocycles. The van der Waals surface area contributed by atoms with Gasteiger partial charge in [-0.3, -0.25) is 0 Å². The summed E-state index contributed by atoms with van der Waals surface area (Å²) < 4.78 is 65.1. The van der Waals surface area contributed by atoms with Crippen molar-refractivity contribution < 1.29 is 27.0 Å². The van der Waals surface area contributed by atoms with Crippen LogP contribution in [0.25, 0.3) is 11.1 Å². The lowest BCUT2D eigenvalue weighted by Crippen LogP contribution is -2.15. The average Bonchev–Trinajstić information content (AvgIpc) is 2.86. The van der Waals surface area contributed by atoms with E-state index in [1.807, 2.05) is 0 Å². The fraction of sp³-hybridized carbons (Fsp3) is 0.379. The van der Waals surface area contributed by atoms with E-state index < -0.39 is 18.2 Å². The molecule has 35 heavy (non-hydrogen) atoms. The van der Waals surface area contributed by atoms with Gasteiger partial charge in [0.25, 0.3) is 0 Å². The van der Waals surface area contributed by atoms with Crippen molar-refractivity contribution in [2.24, 2.45) is 11.8 Å². The van der Waals surface area contributed by atoms with E-state index in [0.717, 1.165) is 25.2 Å². The summed E-state index contributed by atoms with van der Waals surface area (Å²) in [5, 5.41) is 0. The van der Waals surface area contributed by atoms with Crippen LogP contribution < -0.4 is 9.47 Å². The Labute approximate surface area is 203 Å². The number of hydrogen-bond donors (Lipinski definition) is 0. The molecule has 6 heteroatoms. The van der Waals surface area contributed by atoms with Crippen LogP contribution in [0.3, 0.4) is 0 Å². The van der Waals surface area contributed by atoms with E-state index in [1.165, 1.54) is 43.5 Å². The van der Waals surface area contributed by atoms with Crippen molar-refractivity contribution >= 4 is 0 Å². The number of alkyl halides is 2. The van der Waals surface area contributed by atoms with Crippen LogP contribution in [0.5, 0.6) is 17.2 Å². The first-order valence-electron chi connectivity index (χ1n) is 12.2. The molecular formula is C29H30F4O2. The average molecular weight is 487 g/mol. The van der Waals surface area contributed by atoms with Gasteiger partial charge in [0.15, 0.2) is 11.6 Å². The van der Waals surface area contributed by atoms with Gasteiger partial charge in [0.05, 0.1) is 0 Å². The lowest BCUT2D eigenvalue weighted by molar-refractivity contribution is -0.0498.